The van der Waals surface area contributed by atoms with Gasteiger partial charge in [0.2, 0.25) is 0 Å². The third-order valence-electron chi connectivity index (χ3n) is 4.69. The summed E-state index contributed by atoms with van der Waals surface area (Å²) < 4.78 is 2.14. The standard InChI is InChI=1S/C22H27N3O/c1-22(2,3)16-9-11-17(12-10-16)25-20-8-6-5-7-18(20)19(15-26)21(25)24-14-13-23-4/h5-12,15,23-24H,13-14H2,1-4H3. The maximum absolute atomic E-state index is 11.8. The Kier molecular flexibility index (Phi) is 5.14. The number of aldehydes is 1. The first-order valence-electron chi connectivity index (χ1n) is 9.05. The molecule has 136 valence electrons. The van der Waals surface area contributed by atoms with Crippen molar-refractivity contribution in [2.24, 2.45) is 0 Å². The van der Waals surface area contributed by atoms with Gasteiger partial charge in [0.15, 0.2) is 6.29 Å². The lowest BCUT2D eigenvalue weighted by Crippen LogP contribution is -2.19. The third kappa shape index (κ3) is 3.37. The van der Waals surface area contributed by atoms with Crippen molar-refractivity contribution in [3.05, 3.63) is 59.7 Å². The van der Waals surface area contributed by atoms with Crippen molar-refractivity contribution in [2.45, 2.75) is 26.2 Å². The summed E-state index contributed by atoms with van der Waals surface area (Å²) in [6.07, 6.45) is 0.948. The van der Waals surface area contributed by atoms with E-state index in [-0.39, 0.29) is 5.41 Å². The van der Waals surface area contributed by atoms with Gasteiger partial charge in [0.1, 0.15) is 5.82 Å². The summed E-state index contributed by atoms with van der Waals surface area (Å²) in [7, 11) is 1.92. The number of nitrogens with zero attached hydrogens (tertiary/aromatic N) is 1. The molecular weight excluding hydrogens is 322 g/mol. The second kappa shape index (κ2) is 7.34. The lowest BCUT2D eigenvalue weighted by atomic mass is 9.87. The minimum Gasteiger partial charge on any atom is -0.369 e. The first-order valence-corrected chi connectivity index (χ1v) is 9.05. The van der Waals surface area contributed by atoms with Crippen LogP contribution in [0.3, 0.4) is 0 Å². The van der Waals surface area contributed by atoms with Crippen molar-refractivity contribution in [2.75, 3.05) is 25.5 Å². The van der Waals surface area contributed by atoms with Gasteiger partial charge in [0.25, 0.3) is 0 Å². The minimum atomic E-state index is 0.110. The van der Waals surface area contributed by atoms with Crippen molar-refractivity contribution in [3.63, 3.8) is 0 Å². The Morgan fingerprint density at radius 2 is 1.69 bits per heavy atom. The van der Waals surface area contributed by atoms with E-state index in [0.29, 0.717) is 5.56 Å². The molecule has 2 aromatic carbocycles. The molecule has 1 aromatic heterocycles. The zero-order valence-electron chi connectivity index (χ0n) is 16.0. The maximum Gasteiger partial charge on any atom is 0.154 e. The van der Waals surface area contributed by atoms with Gasteiger partial charge in [-0.2, -0.15) is 0 Å². The van der Waals surface area contributed by atoms with E-state index < -0.39 is 0 Å². The molecule has 0 saturated heterocycles. The summed E-state index contributed by atoms with van der Waals surface area (Å²) in [6, 6.07) is 16.6. The molecule has 0 spiro atoms. The van der Waals surface area contributed by atoms with Crippen molar-refractivity contribution < 1.29 is 4.79 Å². The van der Waals surface area contributed by atoms with Crippen LogP contribution in [-0.4, -0.2) is 31.0 Å². The van der Waals surface area contributed by atoms with Crippen LogP contribution in [-0.2, 0) is 5.41 Å². The van der Waals surface area contributed by atoms with Crippen molar-refractivity contribution in [1.82, 2.24) is 9.88 Å². The van der Waals surface area contributed by atoms with Gasteiger partial charge in [0, 0.05) is 24.2 Å². The number of carbonyl (C=O) groups excluding carboxylic acids is 1. The third-order valence-corrected chi connectivity index (χ3v) is 4.69. The van der Waals surface area contributed by atoms with Crippen LogP contribution in [0.2, 0.25) is 0 Å². The number of aromatic nitrogens is 1. The van der Waals surface area contributed by atoms with Gasteiger partial charge in [-0.25, -0.2) is 0 Å². The van der Waals surface area contributed by atoms with Gasteiger partial charge in [0.05, 0.1) is 11.1 Å². The molecule has 0 aliphatic carbocycles. The zero-order chi connectivity index (χ0) is 18.7. The van der Waals surface area contributed by atoms with Crippen LogP contribution in [0.15, 0.2) is 48.5 Å². The number of rotatable bonds is 6. The molecule has 26 heavy (non-hydrogen) atoms. The molecule has 3 aromatic rings. The number of benzene rings is 2. The molecule has 0 saturated carbocycles. The summed E-state index contributed by atoms with van der Waals surface area (Å²) in [5.74, 6) is 0.847. The van der Waals surface area contributed by atoms with Crippen LogP contribution < -0.4 is 10.6 Å². The highest BCUT2D eigenvalue weighted by molar-refractivity contribution is 6.04. The normalized spacial score (nSPS) is 11.7. The summed E-state index contributed by atoms with van der Waals surface area (Å²) in [5.41, 5.74) is 4.19. The monoisotopic (exact) mass is 349 g/mol. The van der Waals surface area contributed by atoms with Crippen LogP contribution in [0.1, 0.15) is 36.7 Å². The predicted octanol–water partition coefficient (Wildman–Crippen LogP) is 4.37. The molecular formula is C22H27N3O. The zero-order valence-corrected chi connectivity index (χ0v) is 16.0. The average Bonchev–Trinajstić information content (AvgIpc) is 2.94. The molecule has 0 radical (unpaired) electrons. The van der Waals surface area contributed by atoms with Crippen LogP contribution in [0.4, 0.5) is 5.82 Å². The first-order chi connectivity index (χ1) is 12.5. The molecule has 3 rings (SSSR count). The number of likely N-dealkylation sites (N-methyl/N-ethyl adjacent to an activating group) is 1. The Hall–Kier alpha value is -2.59. The molecule has 0 amide bonds. The van der Waals surface area contributed by atoms with E-state index in [1.165, 1.54) is 5.56 Å². The van der Waals surface area contributed by atoms with Gasteiger partial charge >= 0.3 is 0 Å². The number of fused-ring (bicyclic) bond motifs is 1. The molecule has 0 bridgehead atoms. The molecule has 0 atom stereocenters. The Morgan fingerprint density at radius 3 is 2.31 bits per heavy atom. The van der Waals surface area contributed by atoms with E-state index in [1.54, 1.807) is 0 Å². The van der Waals surface area contributed by atoms with E-state index in [2.05, 4.69) is 66.3 Å². The van der Waals surface area contributed by atoms with E-state index >= 15 is 0 Å². The largest absolute Gasteiger partial charge is 0.369 e. The summed E-state index contributed by atoms with van der Waals surface area (Å²) in [4.78, 5) is 11.8. The fraction of sp³-hybridized carbons (Fsp3) is 0.318. The maximum atomic E-state index is 11.8. The molecule has 0 aliphatic heterocycles. The second-order valence-corrected chi connectivity index (χ2v) is 7.56. The van der Waals surface area contributed by atoms with Crippen molar-refractivity contribution in [3.8, 4) is 5.69 Å². The summed E-state index contributed by atoms with van der Waals surface area (Å²) >= 11 is 0. The smallest absolute Gasteiger partial charge is 0.154 e. The van der Waals surface area contributed by atoms with Gasteiger partial charge in [-0.3, -0.25) is 9.36 Å². The lowest BCUT2D eigenvalue weighted by Gasteiger charge is -2.20. The molecule has 4 nitrogen and oxygen atoms in total. The summed E-state index contributed by atoms with van der Waals surface area (Å²) in [6.45, 7) is 8.20. The van der Waals surface area contributed by atoms with Gasteiger partial charge in [-0.1, -0.05) is 51.1 Å². The van der Waals surface area contributed by atoms with Gasteiger partial charge < -0.3 is 10.6 Å². The Bertz CT molecular complexity index is 902. The van der Waals surface area contributed by atoms with Crippen LogP contribution in [0.25, 0.3) is 16.6 Å². The van der Waals surface area contributed by atoms with E-state index in [1.807, 2.05) is 25.2 Å². The van der Waals surface area contributed by atoms with Crippen molar-refractivity contribution >= 4 is 23.0 Å². The quantitative estimate of drug-likeness (QED) is 0.513. The van der Waals surface area contributed by atoms with Gasteiger partial charge in [-0.15, -0.1) is 0 Å². The van der Waals surface area contributed by atoms with Crippen LogP contribution in [0, 0.1) is 0 Å². The summed E-state index contributed by atoms with van der Waals surface area (Å²) in [5, 5.41) is 7.54. The SMILES string of the molecule is CNCCNc1c(C=O)c2ccccc2n1-c1ccc(C(C)(C)C)cc1. The first kappa shape index (κ1) is 18.2. The fourth-order valence-electron chi connectivity index (χ4n) is 3.24. The van der Waals surface area contributed by atoms with Crippen molar-refractivity contribution in [1.29, 1.82) is 0 Å². The average molecular weight is 349 g/mol. The number of para-hydroxylation sites is 1. The predicted molar refractivity (Wildman–Crippen MR) is 110 cm³/mol. The number of hydrogen-bond acceptors (Lipinski definition) is 3. The van der Waals surface area contributed by atoms with E-state index in [0.717, 1.165) is 41.8 Å². The number of carbonyl (C=O) groups is 1. The molecule has 2 N–H and O–H groups in total. The van der Waals surface area contributed by atoms with Crippen LogP contribution in [0.5, 0.6) is 0 Å². The molecule has 0 aliphatic rings. The molecule has 0 unspecified atom stereocenters. The fourth-order valence-corrected chi connectivity index (χ4v) is 3.24. The van der Waals surface area contributed by atoms with Crippen LogP contribution >= 0.6 is 0 Å². The number of nitrogens with one attached hydrogen (secondary N) is 2. The highest BCUT2D eigenvalue weighted by Gasteiger charge is 2.18. The highest BCUT2D eigenvalue weighted by atomic mass is 16.1. The molecule has 4 heteroatoms. The minimum absolute atomic E-state index is 0.110. The topological polar surface area (TPSA) is 46.1 Å². The Balaban J connectivity index is 2.17. The highest BCUT2D eigenvalue weighted by Crippen LogP contribution is 2.33. The van der Waals surface area contributed by atoms with E-state index in [9.17, 15) is 4.79 Å². The van der Waals surface area contributed by atoms with Gasteiger partial charge in [-0.05, 0) is 36.2 Å². The molecule has 1 heterocycles. The second-order valence-electron chi connectivity index (χ2n) is 7.56. The Morgan fingerprint density at radius 1 is 1.00 bits per heavy atom. The Labute approximate surface area is 155 Å². The lowest BCUT2D eigenvalue weighted by molar-refractivity contribution is 0.112. The number of anilines is 1. The number of hydrogen-bond donors (Lipinski definition) is 2. The van der Waals surface area contributed by atoms with E-state index in [4.69, 9.17) is 0 Å². The molecule has 0 fully saturated rings.